The van der Waals surface area contributed by atoms with Gasteiger partial charge in [0.05, 0.1) is 0 Å². The molecule has 3 heteroatoms. The van der Waals surface area contributed by atoms with Crippen molar-refractivity contribution in [2.75, 3.05) is 13.2 Å². The maximum atomic E-state index is 8.02. The molecular formula is C2H8NOSb. The van der Waals surface area contributed by atoms with Gasteiger partial charge in [-0.25, -0.2) is 0 Å². The average Bonchev–Trinajstić information content (AvgIpc) is 1.41. The van der Waals surface area contributed by atoms with Gasteiger partial charge in [0.2, 0.25) is 0 Å². The summed E-state index contributed by atoms with van der Waals surface area (Å²) in [6.07, 6.45) is 0. The van der Waals surface area contributed by atoms with E-state index in [1.54, 1.807) is 0 Å². The molecule has 5 heavy (non-hydrogen) atoms. The molecular weight excluding hydrogens is 176 g/mol. The minimum atomic E-state index is 0.265. The van der Waals surface area contributed by atoms with Gasteiger partial charge >= 0.3 is 45.0 Å². The van der Waals surface area contributed by atoms with E-state index >= 15 is 0 Å². The number of nitrogens with one attached hydrogen (secondary N) is 1. The first-order valence-electron chi connectivity index (χ1n) is 1.46. The number of aliphatic hydroxyl groups excluding tert-OH is 1. The summed E-state index contributed by atoms with van der Waals surface area (Å²) in [6, 6.07) is 0. The van der Waals surface area contributed by atoms with E-state index < -0.39 is 0 Å². The summed E-state index contributed by atoms with van der Waals surface area (Å²) in [5, 5.41) is 8.02. The summed E-state index contributed by atoms with van der Waals surface area (Å²) in [5.41, 5.74) is 0. The van der Waals surface area contributed by atoms with Crippen LogP contribution in [0, 0.1) is 0 Å². The standard InChI is InChI=1S/C2H6NO.Sb.2H/c3-1-2-4;;;/h3-4H,1-2H2;;;/q-1;+1;;. The van der Waals surface area contributed by atoms with Crippen molar-refractivity contribution in [1.82, 2.24) is 3.48 Å². The first-order valence-corrected chi connectivity index (χ1v) is 3.11. The van der Waals surface area contributed by atoms with Crippen molar-refractivity contribution < 1.29 is 5.11 Å². The van der Waals surface area contributed by atoms with Gasteiger partial charge in [0.25, 0.3) is 0 Å². The Kier molecular flexibility index (Phi) is 5.44. The summed E-state index contributed by atoms with van der Waals surface area (Å²) >= 11 is 1.04. The molecule has 2 N–H and O–H groups in total. The van der Waals surface area contributed by atoms with Crippen molar-refractivity contribution in [3.8, 4) is 0 Å². The Balaban J connectivity index is 2.19. The molecule has 0 rings (SSSR count). The van der Waals surface area contributed by atoms with E-state index in [1.165, 1.54) is 0 Å². The Bertz CT molecular complexity index is 17.1. The molecule has 0 aromatic rings. The topological polar surface area (TPSA) is 32.3 Å². The zero-order valence-electron chi connectivity index (χ0n) is 2.94. The molecule has 32 valence electrons. The second kappa shape index (κ2) is 4.74. The van der Waals surface area contributed by atoms with Crippen LogP contribution in [0.4, 0.5) is 0 Å². The molecule has 0 aromatic carbocycles. The quantitative estimate of drug-likeness (QED) is 0.492. The predicted octanol–water partition coefficient (Wildman–Crippen LogP) is -1.88. The molecule has 0 saturated heterocycles. The fourth-order valence-electron chi connectivity index (χ4n) is 0.0645. The third-order valence-corrected chi connectivity index (χ3v) is 1.08. The van der Waals surface area contributed by atoms with Crippen LogP contribution in [0.25, 0.3) is 0 Å². The second-order valence-electron chi connectivity index (χ2n) is 0.678. The molecule has 0 heterocycles. The number of hydrogen-bond donors (Lipinski definition) is 2. The van der Waals surface area contributed by atoms with Crippen molar-refractivity contribution in [3.05, 3.63) is 0 Å². The zero-order valence-corrected chi connectivity index (χ0v) is 6.23. The van der Waals surface area contributed by atoms with E-state index in [2.05, 4.69) is 3.48 Å². The van der Waals surface area contributed by atoms with Crippen molar-refractivity contribution in [3.63, 3.8) is 0 Å². The van der Waals surface area contributed by atoms with Crippen LogP contribution in [0.5, 0.6) is 0 Å². The Hall–Kier alpha value is 0.738. The minimum absolute atomic E-state index is 0.265. The molecule has 0 unspecified atom stereocenters. The number of hydrogen-bond acceptors (Lipinski definition) is 2. The van der Waals surface area contributed by atoms with Crippen LogP contribution in [0.2, 0.25) is 0 Å². The summed E-state index contributed by atoms with van der Waals surface area (Å²) in [5.74, 6) is 0. The van der Waals surface area contributed by atoms with E-state index in [1.807, 2.05) is 0 Å². The Morgan fingerprint density at radius 3 is 2.40 bits per heavy atom. The van der Waals surface area contributed by atoms with Crippen LogP contribution in [-0.4, -0.2) is 41.6 Å². The molecule has 0 amide bonds. The van der Waals surface area contributed by atoms with E-state index in [0.717, 1.165) is 29.8 Å². The SMILES string of the molecule is OCC[NH][SbH2]. The summed E-state index contributed by atoms with van der Waals surface area (Å²) in [6.45, 7) is 1.02. The third-order valence-electron chi connectivity index (χ3n) is 0.256. The molecule has 0 aliphatic heterocycles. The Labute approximate surface area is 45.4 Å². The fraction of sp³-hybridized carbons (Fsp3) is 1.00. The third kappa shape index (κ3) is 4.74. The maximum absolute atomic E-state index is 8.02. The molecule has 0 spiro atoms. The molecule has 0 aromatic heterocycles. The van der Waals surface area contributed by atoms with Crippen molar-refractivity contribution in [1.29, 1.82) is 0 Å². The fourth-order valence-corrected chi connectivity index (χ4v) is 0.433. The van der Waals surface area contributed by atoms with E-state index in [-0.39, 0.29) is 6.61 Å². The first kappa shape index (κ1) is 5.74. The van der Waals surface area contributed by atoms with Crippen LogP contribution in [-0.2, 0) is 0 Å². The summed E-state index contributed by atoms with van der Waals surface area (Å²) in [4.78, 5) is 0. The van der Waals surface area contributed by atoms with Crippen LogP contribution >= 0.6 is 0 Å². The van der Waals surface area contributed by atoms with Gasteiger partial charge in [-0.3, -0.25) is 0 Å². The molecule has 0 radical (unpaired) electrons. The summed E-state index contributed by atoms with van der Waals surface area (Å²) < 4.78 is 2.90. The van der Waals surface area contributed by atoms with Gasteiger partial charge in [-0.2, -0.15) is 0 Å². The Morgan fingerprint density at radius 1 is 1.80 bits per heavy atom. The van der Waals surface area contributed by atoms with Crippen molar-refractivity contribution >= 4 is 23.3 Å². The molecule has 0 bridgehead atoms. The van der Waals surface area contributed by atoms with Gasteiger partial charge in [-0.15, -0.1) is 0 Å². The average molecular weight is 184 g/mol. The summed E-state index contributed by atoms with van der Waals surface area (Å²) in [7, 11) is 0. The number of rotatable bonds is 2. The van der Waals surface area contributed by atoms with Crippen LogP contribution in [0.15, 0.2) is 0 Å². The molecule has 0 fully saturated rings. The first-order chi connectivity index (χ1) is 2.41. The molecule has 2 nitrogen and oxygen atoms in total. The van der Waals surface area contributed by atoms with E-state index in [9.17, 15) is 0 Å². The van der Waals surface area contributed by atoms with E-state index in [0.29, 0.717) is 0 Å². The molecule has 0 saturated carbocycles. The van der Waals surface area contributed by atoms with Crippen LogP contribution < -0.4 is 3.48 Å². The van der Waals surface area contributed by atoms with Gasteiger partial charge < -0.3 is 0 Å². The Morgan fingerprint density at radius 2 is 2.40 bits per heavy atom. The predicted molar refractivity (Wildman–Crippen MR) is 23.6 cm³/mol. The van der Waals surface area contributed by atoms with E-state index in [4.69, 9.17) is 5.11 Å². The van der Waals surface area contributed by atoms with Crippen molar-refractivity contribution in [2.45, 2.75) is 0 Å². The van der Waals surface area contributed by atoms with Crippen LogP contribution in [0.1, 0.15) is 0 Å². The van der Waals surface area contributed by atoms with Crippen LogP contribution in [0.3, 0.4) is 0 Å². The second-order valence-corrected chi connectivity index (χ2v) is 1.84. The van der Waals surface area contributed by atoms with Gasteiger partial charge in [0, 0.05) is 0 Å². The zero-order chi connectivity index (χ0) is 4.12. The van der Waals surface area contributed by atoms with Gasteiger partial charge in [0.1, 0.15) is 0 Å². The van der Waals surface area contributed by atoms with Crippen molar-refractivity contribution in [2.24, 2.45) is 0 Å². The monoisotopic (exact) mass is 183 g/mol. The van der Waals surface area contributed by atoms with Gasteiger partial charge in [-0.05, 0) is 0 Å². The number of aliphatic hydroxyl groups is 1. The van der Waals surface area contributed by atoms with Gasteiger partial charge in [-0.1, -0.05) is 0 Å². The van der Waals surface area contributed by atoms with Gasteiger partial charge in [0.15, 0.2) is 0 Å². The molecule has 0 aliphatic rings. The normalized spacial score (nSPS) is 8.40. The molecule has 0 atom stereocenters. The molecule has 0 aliphatic carbocycles.